The molecular formula is C8H12N2O4S. The lowest BCUT2D eigenvalue weighted by atomic mass is 10.4. The van der Waals surface area contributed by atoms with Gasteiger partial charge < -0.3 is 5.11 Å². The zero-order valence-corrected chi connectivity index (χ0v) is 9.45. The molecule has 1 heterocycles. The van der Waals surface area contributed by atoms with Crippen LogP contribution < -0.4 is 0 Å². The van der Waals surface area contributed by atoms with Gasteiger partial charge in [0.15, 0.2) is 20.6 Å². The van der Waals surface area contributed by atoms with Crippen LogP contribution in [0.2, 0.25) is 0 Å². The van der Waals surface area contributed by atoms with E-state index in [9.17, 15) is 13.2 Å². The molecule has 1 aromatic heterocycles. The molecule has 0 radical (unpaired) electrons. The Bertz CT molecular complexity index is 487. The maximum Gasteiger partial charge on any atom is 0.356 e. The van der Waals surface area contributed by atoms with Gasteiger partial charge in [-0.05, 0) is 13.8 Å². The highest BCUT2D eigenvalue weighted by Gasteiger charge is 2.21. The average molecular weight is 232 g/mol. The molecule has 0 aromatic carbocycles. The van der Waals surface area contributed by atoms with Crippen LogP contribution in [0.1, 0.15) is 30.4 Å². The third-order valence-corrected chi connectivity index (χ3v) is 2.85. The van der Waals surface area contributed by atoms with Crippen molar-refractivity contribution in [1.29, 1.82) is 0 Å². The normalized spacial score (nSPS) is 12.0. The largest absolute Gasteiger partial charge is 0.476 e. The second-order valence-electron chi connectivity index (χ2n) is 3.48. The summed E-state index contributed by atoms with van der Waals surface area (Å²) in [5.41, 5.74) is -0.260. The van der Waals surface area contributed by atoms with E-state index in [1.807, 2.05) is 0 Å². The first-order valence-electron chi connectivity index (χ1n) is 4.26. The third kappa shape index (κ3) is 2.35. The standard InChI is InChI=1S/C8H12N2O4S/c1-5(2)10-7(15(3,13)14)4-6(9-10)8(11)12/h4-5H,1-3H3,(H,11,12). The number of carbonyl (C=O) groups is 1. The number of hydrogen-bond donors (Lipinski definition) is 1. The fourth-order valence-corrected chi connectivity index (χ4v) is 2.05. The Labute approximate surface area is 87.4 Å². The Balaban J connectivity index is 3.44. The molecule has 84 valence electrons. The first-order valence-corrected chi connectivity index (χ1v) is 6.15. The summed E-state index contributed by atoms with van der Waals surface area (Å²) in [6, 6.07) is 0.861. The molecule has 0 bridgehead atoms. The maximum absolute atomic E-state index is 11.3. The summed E-state index contributed by atoms with van der Waals surface area (Å²) in [6.07, 6.45) is 1.02. The number of hydrogen-bond acceptors (Lipinski definition) is 4. The predicted octanol–water partition coefficient (Wildman–Crippen LogP) is 0.566. The molecule has 0 aliphatic heterocycles. The summed E-state index contributed by atoms with van der Waals surface area (Å²) in [6.45, 7) is 3.46. The molecule has 7 heteroatoms. The molecule has 0 saturated carbocycles. The lowest BCUT2D eigenvalue weighted by Crippen LogP contribution is -2.11. The van der Waals surface area contributed by atoms with E-state index < -0.39 is 15.8 Å². The minimum atomic E-state index is -3.45. The van der Waals surface area contributed by atoms with Crippen molar-refractivity contribution in [3.63, 3.8) is 0 Å². The van der Waals surface area contributed by atoms with Gasteiger partial charge in [-0.2, -0.15) is 5.10 Å². The van der Waals surface area contributed by atoms with Crippen molar-refractivity contribution in [2.45, 2.75) is 24.9 Å². The number of aromatic nitrogens is 2. The molecule has 1 N–H and O–H groups in total. The van der Waals surface area contributed by atoms with Gasteiger partial charge in [0, 0.05) is 18.4 Å². The Morgan fingerprint density at radius 3 is 2.33 bits per heavy atom. The van der Waals surface area contributed by atoms with E-state index in [2.05, 4.69) is 5.10 Å². The first kappa shape index (κ1) is 11.7. The Hall–Kier alpha value is -1.37. The molecule has 0 spiro atoms. The van der Waals surface area contributed by atoms with Crippen LogP contribution in [0.25, 0.3) is 0 Å². The summed E-state index contributed by atoms with van der Waals surface area (Å²) in [4.78, 5) is 10.6. The second kappa shape index (κ2) is 3.65. The van der Waals surface area contributed by atoms with Gasteiger partial charge in [0.05, 0.1) is 0 Å². The Morgan fingerprint density at radius 1 is 1.53 bits per heavy atom. The van der Waals surface area contributed by atoms with Crippen molar-refractivity contribution in [1.82, 2.24) is 9.78 Å². The highest BCUT2D eigenvalue weighted by Crippen LogP contribution is 2.16. The van der Waals surface area contributed by atoms with Crippen LogP contribution in [0, 0.1) is 0 Å². The van der Waals surface area contributed by atoms with Crippen LogP contribution >= 0.6 is 0 Å². The van der Waals surface area contributed by atoms with E-state index in [-0.39, 0.29) is 16.8 Å². The summed E-state index contributed by atoms with van der Waals surface area (Å²) >= 11 is 0. The smallest absolute Gasteiger partial charge is 0.356 e. The van der Waals surface area contributed by atoms with Crippen LogP contribution in [-0.4, -0.2) is 35.5 Å². The molecule has 0 unspecified atom stereocenters. The molecule has 0 atom stereocenters. The molecule has 0 aliphatic rings. The van der Waals surface area contributed by atoms with E-state index in [0.29, 0.717) is 0 Å². The molecule has 1 aromatic rings. The molecule has 0 saturated heterocycles. The van der Waals surface area contributed by atoms with Crippen LogP contribution in [0.5, 0.6) is 0 Å². The van der Waals surface area contributed by atoms with Crippen LogP contribution in [0.3, 0.4) is 0 Å². The van der Waals surface area contributed by atoms with Gasteiger partial charge in [0.25, 0.3) is 0 Å². The monoisotopic (exact) mass is 232 g/mol. The SMILES string of the molecule is CC(C)n1nc(C(=O)O)cc1S(C)(=O)=O. The minimum Gasteiger partial charge on any atom is -0.476 e. The van der Waals surface area contributed by atoms with Gasteiger partial charge in [-0.25, -0.2) is 13.2 Å². The zero-order chi connectivity index (χ0) is 11.8. The van der Waals surface area contributed by atoms with E-state index in [4.69, 9.17) is 5.11 Å². The highest BCUT2D eigenvalue weighted by molar-refractivity contribution is 7.90. The summed E-state index contributed by atoms with van der Waals surface area (Å²) in [7, 11) is -3.45. The van der Waals surface area contributed by atoms with Gasteiger partial charge in [-0.3, -0.25) is 4.68 Å². The minimum absolute atomic E-state index is 0.0742. The van der Waals surface area contributed by atoms with E-state index in [0.717, 1.165) is 12.3 Å². The van der Waals surface area contributed by atoms with Crippen molar-refractivity contribution in [3.8, 4) is 0 Å². The zero-order valence-electron chi connectivity index (χ0n) is 8.63. The average Bonchev–Trinajstić information content (AvgIpc) is 2.45. The maximum atomic E-state index is 11.3. The van der Waals surface area contributed by atoms with Crippen LogP contribution in [0.4, 0.5) is 0 Å². The molecule has 0 amide bonds. The number of aromatic carboxylic acids is 1. The third-order valence-electron chi connectivity index (χ3n) is 1.79. The van der Waals surface area contributed by atoms with Gasteiger partial charge in [0.2, 0.25) is 0 Å². The van der Waals surface area contributed by atoms with E-state index >= 15 is 0 Å². The summed E-state index contributed by atoms with van der Waals surface area (Å²) in [5.74, 6) is -1.24. The van der Waals surface area contributed by atoms with Crippen molar-refractivity contribution in [3.05, 3.63) is 11.8 Å². The first-order chi connectivity index (χ1) is 6.73. The Morgan fingerprint density at radius 2 is 2.07 bits per heavy atom. The molecule has 0 fully saturated rings. The van der Waals surface area contributed by atoms with Crippen LogP contribution in [0.15, 0.2) is 11.1 Å². The van der Waals surface area contributed by atoms with E-state index in [1.54, 1.807) is 13.8 Å². The molecule has 6 nitrogen and oxygen atoms in total. The number of rotatable bonds is 3. The molecule has 0 aliphatic carbocycles. The summed E-state index contributed by atoms with van der Waals surface area (Å²) < 4.78 is 23.9. The fourth-order valence-electron chi connectivity index (χ4n) is 1.13. The fraction of sp³-hybridized carbons (Fsp3) is 0.500. The number of carboxylic acid groups (broad SMARTS) is 1. The lowest BCUT2D eigenvalue weighted by Gasteiger charge is -2.08. The molecule has 1 rings (SSSR count). The molecule has 15 heavy (non-hydrogen) atoms. The van der Waals surface area contributed by atoms with Crippen molar-refractivity contribution >= 4 is 15.8 Å². The second-order valence-corrected chi connectivity index (χ2v) is 5.45. The van der Waals surface area contributed by atoms with Gasteiger partial charge in [-0.1, -0.05) is 0 Å². The van der Waals surface area contributed by atoms with Gasteiger partial charge in [0.1, 0.15) is 0 Å². The number of sulfone groups is 1. The Kier molecular flexibility index (Phi) is 2.85. The highest BCUT2D eigenvalue weighted by atomic mass is 32.2. The van der Waals surface area contributed by atoms with Crippen molar-refractivity contribution in [2.75, 3.05) is 6.26 Å². The van der Waals surface area contributed by atoms with Crippen molar-refractivity contribution in [2.24, 2.45) is 0 Å². The predicted molar refractivity (Wildman–Crippen MR) is 52.7 cm³/mol. The number of carboxylic acids is 1. The van der Waals surface area contributed by atoms with Crippen molar-refractivity contribution < 1.29 is 18.3 Å². The summed E-state index contributed by atoms with van der Waals surface area (Å²) in [5, 5.41) is 12.3. The van der Waals surface area contributed by atoms with Gasteiger partial charge >= 0.3 is 5.97 Å². The molecular weight excluding hydrogens is 220 g/mol. The van der Waals surface area contributed by atoms with Crippen LogP contribution in [-0.2, 0) is 9.84 Å². The van der Waals surface area contributed by atoms with Gasteiger partial charge in [-0.15, -0.1) is 0 Å². The quantitative estimate of drug-likeness (QED) is 0.822. The topological polar surface area (TPSA) is 89.3 Å². The number of nitrogens with zero attached hydrogens (tertiary/aromatic N) is 2. The lowest BCUT2D eigenvalue weighted by molar-refractivity contribution is 0.0689. The van der Waals surface area contributed by atoms with E-state index in [1.165, 1.54) is 4.68 Å².